The monoisotopic (exact) mass is 349 g/mol. The molecule has 24 heavy (non-hydrogen) atoms. The van der Waals surface area contributed by atoms with Crippen LogP contribution in [0.1, 0.15) is 11.1 Å². The van der Waals surface area contributed by atoms with Gasteiger partial charge in [0.1, 0.15) is 6.61 Å². The first kappa shape index (κ1) is 18.1. The zero-order valence-corrected chi connectivity index (χ0v) is 14.4. The van der Waals surface area contributed by atoms with Gasteiger partial charge in [0.05, 0.1) is 13.7 Å². The van der Waals surface area contributed by atoms with Crippen LogP contribution in [0.25, 0.3) is 0 Å². The number of benzene rings is 2. The fourth-order valence-electron chi connectivity index (χ4n) is 2.27. The maximum atomic E-state index is 10.7. The van der Waals surface area contributed by atoms with E-state index in [0.717, 1.165) is 11.1 Å². The van der Waals surface area contributed by atoms with Crippen LogP contribution in [-0.4, -0.2) is 36.7 Å². The number of nitrogens with zero attached hydrogens (tertiary/aromatic N) is 1. The third-order valence-corrected chi connectivity index (χ3v) is 3.65. The molecular formula is C18H20ClNO4. The fraction of sp³-hybridized carbons (Fsp3) is 0.278. The Morgan fingerprint density at radius 3 is 2.42 bits per heavy atom. The van der Waals surface area contributed by atoms with Gasteiger partial charge >= 0.3 is 5.97 Å². The predicted octanol–water partition coefficient (Wildman–Crippen LogP) is 3.44. The maximum Gasteiger partial charge on any atom is 0.317 e. The average molecular weight is 350 g/mol. The molecule has 0 amide bonds. The second-order valence-electron chi connectivity index (χ2n) is 5.47. The van der Waals surface area contributed by atoms with Crippen molar-refractivity contribution >= 4 is 17.6 Å². The molecule has 2 aromatic carbocycles. The van der Waals surface area contributed by atoms with Crippen LogP contribution in [0.2, 0.25) is 5.02 Å². The van der Waals surface area contributed by atoms with E-state index in [1.165, 1.54) is 0 Å². The van der Waals surface area contributed by atoms with Crippen molar-refractivity contribution in [3.63, 3.8) is 0 Å². The van der Waals surface area contributed by atoms with Gasteiger partial charge in [0.15, 0.2) is 11.5 Å². The molecule has 128 valence electrons. The van der Waals surface area contributed by atoms with E-state index >= 15 is 0 Å². The van der Waals surface area contributed by atoms with Gasteiger partial charge in [-0.3, -0.25) is 9.69 Å². The summed E-state index contributed by atoms with van der Waals surface area (Å²) in [6.45, 7) is 0.906. The normalized spacial score (nSPS) is 10.7. The predicted molar refractivity (Wildman–Crippen MR) is 92.7 cm³/mol. The summed E-state index contributed by atoms with van der Waals surface area (Å²) in [6, 6.07) is 13.0. The van der Waals surface area contributed by atoms with Crippen LogP contribution in [0.5, 0.6) is 11.5 Å². The summed E-state index contributed by atoms with van der Waals surface area (Å²) in [7, 11) is 3.33. The van der Waals surface area contributed by atoms with Crippen LogP contribution < -0.4 is 9.47 Å². The number of ether oxygens (including phenoxy) is 2. The summed E-state index contributed by atoms with van der Waals surface area (Å²) in [5.74, 6) is 0.398. The third kappa shape index (κ3) is 5.44. The van der Waals surface area contributed by atoms with Gasteiger partial charge in [-0.2, -0.15) is 0 Å². The van der Waals surface area contributed by atoms with Crippen LogP contribution in [0.15, 0.2) is 42.5 Å². The molecule has 0 radical (unpaired) electrons. The van der Waals surface area contributed by atoms with E-state index in [-0.39, 0.29) is 6.54 Å². The van der Waals surface area contributed by atoms with Crippen LogP contribution in [0.4, 0.5) is 0 Å². The van der Waals surface area contributed by atoms with Gasteiger partial charge in [0.25, 0.3) is 0 Å². The Morgan fingerprint density at radius 1 is 1.12 bits per heavy atom. The van der Waals surface area contributed by atoms with E-state index in [1.54, 1.807) is 19.1 Å². The average Bonchev–Trinajstić information content (AvgIpc) is 2.54. The minimum absolute atomic E-state index is 0.0167. The molecule has 0 atom stereocenters. The standard InChI is InChI=1S/C18H20ClNO4/c1-20(11-18(21)22)10-14-5-8-16(17(9-14)23-2)24-12-13-3-6-15(19)7-4-13/h3-9H,10-12H2,1-2H3,(H,21,22). The van der Waals surface area contributed by atoms with Gasteiger partial charge in [0.2, 0.25) is 0 Å². The summed E-state index contributed by atoms with van der Waals surface area (Å²) >= 11 is 5.87. The zero-order valence-electron chi connectivity index (χ0n) is 13.7. The minimum Gasteiger partial charge on any atom is -0.493 e. The lowest BCUT2D eigenvalue weighted by Crippen LogP contribution is -2.25. The largest absolute Gasteiger partial charge is 0.493 e. The molecule has 0 aliphatic carbocycles. The van der Waals surface area contributed by atoms with Gasteiger partial charge in [-0.25, -0.2) is 0 Å². The van der Waals surface area contributed by atoms with E-state index in [4.69, 9.17) is 26.2 Å². The second-order valence-corrected chi connectivity index (χ2v) is 5.90. The van der Waals surface area contributed by atoms with E-state index < -0.39 is 5.97 Å². The number of carboxylic acid groups (broad SMARTS) is 1. The van der Waals surface area contributed by atoms with Gasteiger partial charge in [0, 0.05) is 11.6 Å². The molecule has 0 aliphatic heterocycles. The number of carbonyl (C=O) groups is 1. The summed E-state index contributed by atoms with van der Waals surface area (Å²) in [5, 5.41) is 9.49. The molecule has 0 fully saturated rings. The quantitative estimate of drug-likeness (QED) is 0.791. The Bertz CT molecular complexity index is 688. The molecule has 0 aromatic heterocycles. The molecule has 2 aromatic rings. The molecule has 0 saturated carbocycles. The number of rotatable bonds is 8. The van der Waals surface area contributed by atoms with Gasteiger partial charge in [-0.15, -0.1) is 0 Å². The first-order chi connectivity index (χ1) is 11.5. The molecular weight excluding hydrogens is 330 g/mol. The highest BCUT2D eigenvalue weighted by Crippen LogP contribution is 2.29. The lowest BCUT2D eigenvalue weighted by atomic mass is 10.2. The molecule has 0 spiro atoms. The van der Waals surface area contributed by atoms with E-state index in [0.29, 0.717) is 29.7 Å². The highest BCUT2D eigenvalue weighted by molar-refractivity contribution is 6.30. The van der Waals surface area contributed by atoms with Gasteiger partial charge < -0.3 is 14.6 Å². The molecule has 2 rings (SSSR count). The van der Waals surface area contributed by atoms with Crippen molar-refractivity contribution in [3.8, 4) is 11.5 Å². The molecule has 0 aliphatic rings. The topological polar surface area (TPSA) is 59.0 Å². The molecule has 6 heteroatoms. The summed E-state index contributed by atoms with van der Waals surface area (Å²) in [4.78, 5) is 12.4. The smallest absolute Gasteiger partial charge is 0.317 e. The third-order valence-electron chi connectivity index (χ3n) is 3.39. The number of hydrogen-bond donors (Lipinski definition) is 1. The van der Waals surface area contributed by atoms with E-state index in [2.05, 4.69) is 0 Å². The first-order valence-corrected chi connectivity index (χ1v) is 7.80. The number of methoxy groups -OCH3 is 1. The van der Waals surface area contributed by atoms with Crippen molar-refractivity contribution < 1.29 is 19.4 Å². The highest BCUT2D eigenvalue weighted by Gasteiger charge is 2.09. The number of halogens is 1. The van der Waals surface area contributed by atoms with Crippen LogP contribution in [0, 0.1) is 0 Å². The fourth-order valence-corrected chi connectivity index (χ4v) is 2.40. The first-order valence-electron chi connectivity index (χ1n) is 7.42. The summed E-state index contributed by atoms with van der Waals surface area (Å²) in [6.07, 6.45) is 0. The van der Waals surface area contributed by atoms with Crippen molar-refractivity contribution in [2.45, 2.75) is 13.2 Å². The van der Waals surface area contributed by atoms with Crippen molar-refractivity contribution in [2.24, 2.45) is 0 Å². The summed E-state index contributed by atoms with van der Waals surface area (Å²) < 4.78 is 11.2. The van der Waals surface area contributed by atoms with Crippen LogP contribution >= 0.6 is 11.6 Å². The highest BCUT2D eigenvalue weighted by atomic mass is 35.5. The lowest BCUT2D eigenvalue weighted by molar-refractivity contribution is -0.138. The second kappa shape index (κ2) is 8.57. The van der Waals surface area contributed by atoms with Crippen LogP contribution in [-0.2, 0) is 17.9 Å². The molecule has 1 N–H and O–H groups in total. The Labute approximate surface area is 146 Å². The molecule has 0 bridgehead atoms. The maximum absolute atomic E-state index is 10.7. The van der Waals surface area contributed by atoms with Crippen molar-refractivity contribution in [2.75, 3.05) is 20.7 Å². The van der Waals surface area contributed by atoms with Gasteiger partial charge in [-0.1, -0.05) is 29.8 Å². The Balaban J connectivity index is 2.02. The number of hydrogen-bond acceptors (Lipinski definition) is 4. The van der Waals surface area contributed by atoms with Crippen LogP contribution in [0.3, 0.4) is 0 Å². The molecule has 0 heterocycles. The Kier molecular flexibility index (Phi) is 6.46. The van der Waals surface area contributed by atoms with Gasteiger partial charge in [-0.05, 0) is 42.4 Å². The molecule has 5 nitrogen and oxygen atoms in total. The summed E-state index contributed by atoms with van der Waals surface area (Å²) in [5.41, 5.74) is 1.96. The van der Waals surface area contributed by atoms with E-state index in [9.17, 15) is 4.79 Å². The van der Waals surface area contributed by atoms with Crippen molar-refractivity contribution in [1.82, 2.24) is 4.90 Å². The zero-order chi connectivity index (χ0) is 17.5. The Hall–Kier alpha value is -2.24. The van der Waals surface area contributed by atoms with E-state index in [1.807, 2.05) is 42.5 Å². The molecule has 0 saturated heterocycles. The number of aliphatic carboxylic acids is 1. The van der Waals surface area contributed by atoms with Crippen molar-refractivity contribution in [3.05, 3.63) is 58.6 Å². The SMILES string of the molecule is COc1cc(CN(C)CC(=O)O)ccc1OCc1ccc(Cl)cc1. The lowest BCUT2D eigenvalue weighted by Gasteiger charge is -2.16. The minimum atomic E-state index is -0.854. The number of carboxylic acids is 1. The Morgan fingerprint density at radius 2 is 1.79 bits per heavy atom. The van der Waals surface area contributed by atoms with Crippen molar-refractivity contribution in [1.29, 1.82) is 0 Å². The molecule has 0 unspecified atom stereocenters. The number of likely N-dealkylation sites (N-methyl/N-ethyl adjacent to an activating group) is 1.